The minimum absolute atomic E-state index is 0.0373. The molecule has 0 aliphatic heterocycles. The second-order valence-electron chi connectivity index (χ2n) is 5.25. The first-order valence-corrected chi connectivity index (χ1v) is 8.04. The molecule has 0 unspecified atom stereocenters. The molecule has 1 heterocycles. The van der Waals surface area contributed by atoms with Gasteiger partial charge in [-0.25, -0.2) is 9.78 Å². The molecule has 1 aromatic heterocycles. The maximum absolute atomic E-state index is 11.8. The SMILES string of the molecule is CCc1nc(CCNC(=O)N[C@@H]2CCC[C@@H]2C)cs1. The van der Waals surface area contributed by atoms with Gasteiger partial charge in [0.05, 0.1) is 10.7 Å². The van der Waals surface area contributed by atoms with Crippen LogP contribution in [0.1, 0.15) is 43.8 Å². The van der Waals surface area contributed by atoms with E-state index < -0.39 is 0 Å². The highest BCUT2D eigenvalue weighted by Gasteiger charge is 2.24. The molecule has 19 heavy (non-hydrogen) atoms. The van der Waals surface area contributed by atoms with Gasteiger partial charge in [0.1, 0.15) is 0 Å². The van der Waals surface area contributed by atoms with E-state index in [9.17, 15) is 4.79 Å². The van der Waals surface area contributed by atoms with Crippen molar-refractivity contribution < 1.29 is 4.79 Å². The van der Waals surface area contributed by atoms with Gasteiger partial charge in [0.15, 0.2) is 0 Å². The van der Waals surface area contributed by atoms with Gasteiger partial charge >= 0.3 is 6.03 Å². The largest absolute Gasteiger partial charge is 0.338 e. The standard InChI is InChI=1S/C14H23N3OS/c1-3-13-16-11(9-19-13)7-8-15-14(18)17-12-6-4-5-10(12)2/h9-10,12H,3-8H2,1-2H3,(H2,15,17,18)/t10-,12+/m0/s1. The number of thiazole rings is 1. The number of aromatic nitrogens is 1. The molecule has 2 atom stereocenters. The molecule has 4 nitrogen and oxygen atoms in total. The summed E-state index contributed by atoms with van der Waals surface area (Å²) in [5.74, 6) is 0.608. The monoisotopic (exact) mass is 281 g/mol. The number of nitrogens with one attached hydrogen (secondary N) is 2. The van der Waals surface area contributed by atoms with E-state index in [2.05, 4.69) is 34.8 Å². The van der Waals surface area contributed by atoms with E-state index in [0.717, 1.165) is 25.0 Å². The highest BCUT2D eigenvalue weighted by molar-refractivity contribution is 7.09. The number of hydrogen-bond acceptors (Lipinski definition) is 3. The summed E-state index contributed by atoms with van der Waals surface area (Å²) in [7, 11) is 0. The summed E-state index contributed by atoms with van der Waals surface area (Å²) >= 11 is 1.70. The van der Waals surface area contributed by atoms with Crippen molar-refractivity contribution in [1.29, 1.82) is 0 Å². The lowest BCUT2D eigenvalue weighted by Crippen LogP contribution is -2.43. The summed E-state index contributed by atoms with van der Waals surface area (Å²) in [6.45, 7) is 4.97. The van der Waals surface area contributed by atoms with Gasteiger partial charge < -0.3 is 10.6 Å². The number of aryl methyl sites for hydroxylation is 1. The first-order chi connectivity index (χ1) is 9.19. The van der Waals surface area contributed by atoms with Gasteiger partial charge in [0.25, 0.3) is 0 Å². The zero-order valence-corrected chi connectivity index (χ0v) is 12.6. The molecule has 1 saturated carbocycles. The van der Waals surface area contributed by atoms with Crippen molar-refractivity contribution in [2.45, 2.75) is 52.0 Å². The third-order valence-electron chi connectivity index (χ3n) is 3.75. The second kappa shape index (κ2) is 6.89. The Morgan fingerprint density at radius 2 is 2.37 bits per heavy atom. The summed E-state index contributed by atoms with van der Waals surface area (Å²) in [6, 6.07) is 0.315. The van der Waals surface area contributed by atoms with E-state index >= 15 is 0 Å². The van der Waals surface area contributed by atoms with Crippen LogP contribution in [0.5, 0.6) is 0 Å². The summed E-state index contributed by atoms with van der Waals surface area (Å²) in [5, 5.41) is 9.23. The van der Waals surface area contributed by atoms with E-state index in [-0.39, 0.29) is 6.03 Å². The maximum Gasteiger partial charge on any atom is 0.315 e. The first-order valence-electron chi connectivity index (χ1n) is 7.16. The van der Waals surface area contributed by atoms with Crippen LogP contribution >= 0.6 is 11.3 Å². The normalized spacial score (nSPS) is 22.4. The van der Waals surface area contributed by atoms with Crippen LogP contribution in [0.2, 0.25) is 0 Å². The van der Waals surface area contributed by atoms with Gasteiger partial charge in [-0.2, -0.15) is 0 Å². The average Bonchev–Trinajstić information content (AvgIpc) is 2.99. The quantitative estimate of drug-likeness (QED) is 0.872. The molecule has 0 radical (unpaired) electrons. The van der Waals surface area contributed by atoms with Crippen LogP contribution in [0.4, 0.5) is 4.79 Å². The molecule has 1 fully saturated rings. The lowest BCUT2D eigenvalue weighted by molar-refractivity contribution is 0.234. The fourth-order valence-corrected chi connectivity index (χ4v) is 3.29. The van der Waals surface area contributed by atoms with Crippen LogP contribution in [-0.2, 0) is 12.8 Å². The topological polar surface area (TPSA) is 54.0 Å². The number of carbonyl (C=O) groups is 1. The molecule has 0 spiro atoms. The number of hydrogen-bond donors (Lipinski definition) is 2. The van der Waals surface area contributed by atoms with Crippen molar-refractivity contribution >= 4 is 17.4 Å². The van der Waals surface area contributed by atoms with Crippen molar-refractivity contribution in [2.75, 3.05) is 6.54 Å². The molecule has 0 aromatic carbocycles. The molecule has 5 heteroatoms. The minimum Gasteiger partial charge on any atom is -0.338 e. The van der Waals surface area contributed by atoms with Gasteiger partial charge in [0.2, 0.25) is 0 Å². The highest BCUT2D eigenvalue weighted by Crippen LogP contribution is 2.24. The average molecular weight is 281 g/mol. The van der Waals surface area contributed by atoms with Crippen LogP contribution in [-0.4, -0.2) is 23.6 Å². The predicted molar refractivity (Wildman–Crippen MR) is 78.5 cm³/mol. The Morgan fingerprint density at radius 3 is 3.00 bits per heavy atom. The molecule has 1 aromatic rings. The fourth-order valence-electron chi connectivity index (χ4n) is 2.51. The van der Waals surface area contributed by atoms with Crippen molar-refractivity contribution in [3.8, 4) is 0 Å². The van der Waals surface area contributed by atoms with Gasteiger partial charge in [-0.3, -0.25) is 0 Å². The number of nitrogens with zero attached hydrogens (tertiary/aromatic N) is 1. The molecular weight excluding hydrogens is 258 g/mol. The number of amides is 2. The second-order valence-corrected chi connectivity index (χ2v) is 6.19. The molecule has 2 amide bonds. The van der Waals surface area contributed by atoms with Crippen molar-refractivity contribution in [2.24, 2.45) is 5.92 Å². The van der Waals surface area contributed by atoms with E-state index in [4.69, 9.17) is 0 Å². The Labute approximate surface area is 119 Å². The Balaban J connectivity index is 1.66. The zero-order chi connectivity index (χ0) is 13.7. The smallest absolute Gasteiger partial charge is 0.315 e. The minimum atomic E-state index is -0.0373. The fraction of sp³-hybridized carbons (Fsp3) is 0.714. The van der Waals surface area contributed by atoms with E-state index in [0.29, 0.717) is 18.5 Å². The van der Waals surface area contributed by atoms with Crippen molar-refractivity contribution in [3.05, 3.63) is 16.1 Å². The molecule has 1 aliphatic carbocycles. The van der Waals surface area contributed by atoms with E-state index in [1.165, 1.54) is 17.8 Å². The van der Waals surface area contributed by atoms with Crippen molar-refractivity contribution in [1.82, 2.24) is 15.6 Å². The lowest BCUT2D eigenvalue weighted by Gasteiger charge is -2.17. The third-order valence-corrected chi connectivity index (χ3v) is 4.79. The summed E-state index contributed by atoms with van der Waals surface area (Å²) in [6.07, 6.45) is 5.36. The first kappa shape index (κ1) is 14.3. The predicted octanol–water partition coefficient (Wildman–Crippen LogP) is 2.74. The molecule has 2 rings (SSSR count). The Morgan fingerprint density at radius 1 is 1.53 bits per heavy atom. The van der Waals surface area contributed by atoms with E-state index in [1.807, 2.05) is 0 Å². The third kappa shape index (κ3) is 4.20. The lowest BCUT2D eigenvalue weighted by atomic mass is 10.1. The van der Waals surface area contributed by atoms with Gasteiger partial charge in [-0.05, 0) is 25.2 Å². The van der Waals surface area contributed by atoms with Crippen LogP contribution in [0, 0.1) is 5.92 Å². The summed E-state index contributed by atoms with van der Waals surface area (Å²) in [5.41, 5.74) is 1.08. The van der Waals surface area contributed by atoms with Crippen molar-refractivity contribution in [3.63, 3.8) is 0 Å². The number of carbonyl (C=O) groups excluding carboxylic acids is 1. The molecule has 0 bridgehead atoms. The van der Waals surface area contributed by atoms with Crippen LogP contribution in [0.3, 0.4) is 0 Å². The number of urea groups is 1. The molecule has 1 aliphatic rings. The maximum atomic E-state index is 11.8. The van der Waals surface area contributed by atoms with Gasteiger partial charge in [0, 0.05) is 24.4 Å². The summed E-state index contributed by atoms with van der Waals surface area (Å²) < 4.78 is 0. The molecule has 2 N–H and O–H groups in total. The van der Waals surface area contributed by atoms with Crippen LogP contribution in [0.15, 0.2) is 5.38 Å². The Hall–Kier alpha value is -1.10. The Kier molecular flexibility index (Phi) is 5.19. The number of rotatable bonds is 5. The summed E-state index contributed by atoms with van der Waals surface area (Å²) in [4.78, 5) is 16.2. The van der Waals surface area contributed by atoms with E-state index in [1.54, 1.807) is 11.3 Å². The molecular formula is C14H23N3OS. The zero-order valence-electron chi connectivity index (χ0n) is 11.7. The molecule has 106 valence electrons. The molecule has 0 saturated heterocycles. The van der Waals surface area contributed by atoms with Crippen LogP contribution < -0.4 is 10.6 Å². The highest BCUT2D eigenvalue weighted by atomic mass is 32.1. The van der Waals surface area contributed by atoms with Gasteiger partial charge in [-0.15, -0.1) is 11.3 Å². The Bertz CT molecular complexity index is 419. The van der Waals surface area contributed by atoms with Gasteiger partial charge in [-0.1, -0.05) is 20.3 Å². The van der Waals surface area contributed by atoms with Crippen LogP contribution in [0.25, 0.3) is 0 Å².